The van der Waals surface area contributed by atoms with Crippen LogP contribution in [0.25, 0.3) is 0 Å². The summed E-state index contributed by atoms with van der Waals surface area (Å²) in [5.74, 6) is 1.36. The third-order valence-corrected chi connectivity index (χ3v) is 3.67. The van der Waals surface area contributed by atoms with Gasteiger partial charge in [-0.2, -0.15) is 0 Å². The number of hydrogen-bond donors (Lipinski definition) is 2. The van der Waals surface area contributed by atoms with Crippen LogP contribution in [0.4, 0.5) is 4.79 Å². The summed E-state index contributed by atoms with van der Waals surface area (Å²) in [6, 6.07) is 3.65. The maximum Gasteiger partial charge on any atom is 0.314 e. The topological polar surface area (TPSA) is 50.4 Å². The molecule has 0 saturated carbocycles. The summed E-state index contributed by atoms with van der Waals surface area (Å²) in [6.07, 6.45) is 0.979. The van der Waals surface area contributed by atoms with Crippen LogP contribution in [0.5, 0.6) is 5.75 Å². The van der Waals surface area contributed by atoms with Crippen molar-refractivity contribution in [2.75, 3.05) is 19.7 Å². The summed E-state index contributed by atoms with van der Waals surface area (Å²) in [5.41, 5.74) is 1.98. The van der Waals surface area contributed by atoms with Crippen LogP contribution in [0, 0.1) is 19.8 Å². The van der Waals surface area contributed by atoms with Gasteiger partial charge in [0.15, 0.2) is 0 Å². The standard InChI is InChI=1S/C16H25ClN2O2/c1-11(2)5-6-18-16(20)19-7-8-21-14-9-12(3)15(17)13(4)10-14/h9-11H,5-8H2,1-4H3,(H2,18,19,20). The lowest BCUT2D eigenvalue weighted by Crippen LogP contribution is -2.38. The Morgan fingerprint density at radius 1 is 1.19 bits per heavy atom. The van der Waals surface area contributed by atoms with E-state index in [9.17, 15) is 4.79 Å². The smallest absolute Gasteiger partial charge is 0.314 e. The molecule has 0 aliphatic carbocycles. The number of urea groups is 1. The van der Waals surface area contributed by atoms with Gasteiger partial charge in [0.1, 0.15) is 12.4 Å². The molecule has 0 aliphatic heterocycles. The minimum Gasteiger partial charge on any atom is -0.492 e. The number of halogens is 1. The third-order valence-electron chi connectivity index (χ3n) is 3.07. The summed E-state index contributed by atoms with van der Waals surface area (Å²) in [7, 11) is 0. The van der Waals surface area contributed by atoms with Gasteiger partial charge in [-0.15, -0.1) is 0 Å². The Bertz CT molecular complexity index is 452. The van der Waals surface area contributed by atoms with E-state index in [1.165, 1.54) is 0 Å². The van der Waals surface area contributed by atoms with Crippen LogP contribution in [0.3, 0.4) is 0 Å². The fourth-order valence-electron chi connectivity index (χ4n) is 1.86. The number of nitrogens with one attached hydrogen (secondary N) is 2. The molecule has 0 fully saturated rings. The van der Waals surface area contributed by atoms with Crippen LogP contribution in [0.15, 0.2) is 12.1 Å². The number of amides is 2. The van der Waals surface area contributed by atoms with Crippen LogP contribution in [0.2, 0.25) is 5.02 Å². The van der Waals surface area contributed by atoms with Crippen molar-refractivity contribution in [2.45, 2.75) is 34.1 Å². The number of carbonyl (C=O) groups is 1. The molecule has 0 spiro atoms. The lowest BCUT2D eigenvalue weighted by molar-refractivity contribution is 0.236. The van der Waals surface area contributed by atoms with Gasteiger partial charge in [-0.25, -0.2) is 4.79 Å². The Labute approximate surface area is 132 Å². The van der Waals surface area contributed by atoms with Crippen molar-refractivity contribution in [3.63, 3.8) is 0 Å². The van der Waals surface area contributed by atoms with Gasteiger partial charge >= 0.3 is 6.03 Å². The molecule has 2 N–H and O–H groups in total. The van der Waals surface area contributed by atoms with E-state index in [0.717, 1.165) is 28.3 Å². The highest BCUT2D eigenvalue weighted by atomic mass is 35.5. The van der Waals surface area contributed by atoms with Crippen molar-refractivity contribution >= 4 is 17.6 Å². The Morgan fingerprint density at radius 2 is 1.76 bits per heavy atom. The van der Waals surface area contributed by atoms with E-state index in [1.807, 2.05) is 26.0 Å². The van der Waals surface area contributed by atoms with Crippen molar-refractivity contribution in [1.82, 2.24) is 10.6 Å². The highest BCUT2D eigenvalue weighted by Crippen LogP contribution is 2.25. The Hall–Kier alpha value is -1.42. The molecule has 21 heavy (non-hydrogen) atoms. The highest BCUT2D eigenvalue weighted by Gasteiger charge is 2.04. The molecule has 5 heteroatoms. The molecular formula is C16H25ClN2O2. The molecule has 0 unspecified atom stereocenters. The predicted molar refractivity (Wildman–Crippen MR) is 87.3 cm³/mol. The van der Waals surface area contributed by atoms with E-state index in [2.05, 4.69) is 24.5 Å². The lowest BCUT2D eigenvalue weighted by atomic mass is 10.1. The molecule has 0 atom stereocenters. The van der Waals surface area contributed by atoms with E-state index in [4.69, 9.17) is 16.3 Å². The zero-order valence-corrected chi connectivity index (χ0v) is 14.0. The molecule has 0 heterocycles. The summed E-state index contributed by atoms with van der Waals surface area (Å²) in [4.78, 5) is 11.5. The van der Waals surface area contributed by atoms with Gasteiger partial charge in [0, 0.05) is 11.6 Å². The van der Waals surface area contributed by atoms with Gasteiger partial charge < -0.3 is 15.4 Å². The molecule has 2 amide bonds. The molecule has 0 bridgehead atoms. The first kappa shape index (κ1) is 17.6. The van der Waals surface area contributed by atoms with Gasteiger partial charge in [-0.05, 0) is 49.4 Å². The van der Waals surface area contributed by atoms with Crippen LogP contribution >= 0.6 is 11.6 Å². The molecule has 0 aliphatic rings. The van der Waals surface area contributed by atoms with Crippen molar-refractivity contribution < 1.29 is 9.53 Å². The number of carbonyl (C=O) groups excluding carboxylic acids is 1. The molecule has 0 aromatic heterocycles. The van der Waals surface area contributed by atoms with Crippen molar-refractivity contribution in [1.29, 1.82) is 0 Å². The van der Waals surface area contributed by atoms with Crippen LogP contribution in [0.1, 0.15) is 31.4 Å². The van der Waals surface area contributed by atoms with Gasteiger partial charge in [-0.1, -0.05) is 25.4 Å². The van der Waals surface area contributed by atoms with Crippen LogP contribution in [-0.4, -0.2) is 25.7 Å². The summed E-state index contributed by atoms with van der Waals surface area (Å²) in [5, 5.41) is 6.35. The second-order valence-corrected chi connectivity index (χ2v) is 5.96. The quantitative estimate of drug-likeness (QED) is 0.755. The van der Waals surface area contributed by atoms with Crippen LogP contribution in [-0.2, 0) is 0 Å². The van der Waals surface area contributed by atoms with E-state index >= 15 is 0 Å². The summed E-state index contributed by atoms with van der Waals surface area (Å²) >= 11 is 6.10. The van der Waals surface area contributed by atoms with E-state index in [1.54, 1.807) is 0 Å². The minimum absolute atomic E-state index is 0.150. The molecule has 1 rings (SSSR count). The molecule has 118 valence electrons. The first-order valence-electron chi connectivity index (χ1n) is 7.31. The van der Waals surface area contributed by atoms with Crippen molar-refractivity contribution in [3.8, 4) is 5.75 Å². The first-order valence-corrected chi connectivity index (χ1v) is 7.69. The molecule has 0 saturated heterocycles. The largest absolute Gasteiger partial charge is 0.492 e. The minimum atomic E-state index is -0.150. The Kier molecular flexibility index (Phi) is 7.37. The lowest BCUT2D eigenvalue weighted by Gasteiger charge is -2.11. The summed E-state index contributed by atoms with van der Waals surface area (Å²) < 4.78 is 5.61. The normalized spacial score (nSPS) is 10.6. The molecule has 1 aromatic carbocycles. The first-order chi connectivity index (χ1) is 9.90. The maximum absolute atomic E-state index is 11.5. The molecular weight excluding hydrogens is 288 g/mol. The van der Waals surface area contributed by atoms with E-state index < -0.39 is 0 Å². The zero-order valence-electron chi connectivity index (χ0n) is 13.3. The Morgan fingerprint density at radius 3 is 2.33 bits per heavy atom. The Balaban J connectivity index is 2.24. The average molecular weight is 313 g/mol. The highest BCUT2D eigenvalue weighted by molar-refractivity contribution is 6.32. The van der Waals surface area contributed by atoms with Crippen molar-refractivity contribution in [3.05, 3.63) is 28.3 Å². The van der Waals surface area contributed by atoms with Gasteiger partial charge in [0.05, 0.1) is 6.54 Å². The number of rotatable bonds is 7. The second-order valence-electron chi connectivity index (χ2n) is 5.58. The number of ether oxygens (including phenoxy) is 1. The van der Waals surface area contributed by atoms with Crippen molar-refractivity contribution in [2.24, 2.45) is 5.92 Å². The number of benzene rings is 1. The number of aryl methyl sites for hydroxylation is 2. The second kappa shape index (κ2) is 8.78. The van der Waals surface area contributed by atoms with E-state index in [0.29, 0.717) is 25.6 Å². The molecule has 0 radical (unpaired) electrons. The third kappa shape index (κ3) is 6.71. The zero-order chi connectivity index (χ0) is 15.8. The van der Waals surface area contributed by atoms with Gasteiger partial charge in [0.25, 0.3) is 0 Å². The van der Waals surface area contributed by atoms with E-state index in [-0.39, 0.29) is 6.03 Å². The molecule has 4 nitrogen and oxygen atoms in total. The monoisotopic (exact) mass is 312 g/mol. The fourth-order valence-corrected chi connectivity index (χ4v) is 1.97. The number of hydrogen-bond acceptors (Lipinski definition) is 2. The van der Waals surface area contributed by atoms with Crippen LogP contribution < -0.4 is 15.4 Å². The summed E-state index contributed by atoms with van der Waals surface area (Å²) in [6.45, 7) is 9.74. The van der Waals surface area contributed by atoms with Gasteiger partial charge in [0.2, 0.25) is 0 Å². The molecule has 1 aromatic rings. The average Bonchev–Trinajstić information content (AvgIpc) is 2.40. The maximum atomic E-state index is 11.5. The predicted octanol–water partition coefficient (Wildman–Crippen LogP) is 3.68. The fraction of sp³-hybridized carbons (Fsp3) is 0.562. The SMILES string of the molecule is Cc1cc(OCCNC(=O)NCCC(C)C)cc(C)c1Cl. The van der Waals surface area contributed by atoms with Gasteiger partial charge in [-0.3, -0.25) is 0 Å².